The number of ether oxygens (including phenoxy) is 1. The summed E-state index contributed by atoms with van der Waals surface area (Å²) in [6.45, 7) is 4.42. The lowest BCUT2D eigenvalue weighted by Crippen LogP contribution is -2.51. The van der Waals surface area contributed by atoms with Crippen molar-refractivity contribution in [2.45, 2.75) is 32.4 Å². The molecule has 0 aliphatic carbocycles. The number of nitrogens with zero attached hydrogens (tertiary/aromatic N) is 1. The fourth-order valence-electron chi connectivity index (χ4n) is 1.43. The van der Waals surface area contributed by atoms with E-state index in [1.165, 1.54) is 0 Å². The van der Waals surface area contributed by atoms with Gasteiger partial charge in [0.25, 0.3) is 11.8 Å². The number of carbonyl (C=O) groups is 4. The highest BCUT2D eigenvalue weighted by atomic mass is 16.6. The number of aliphatic carboxylic acids is 1. The highest BCUT2D eigenvalue weighted by molar-refractivity contribution is 6.13. The minimum Gasteiger partial charge on any atom is -0.480 e. The van der Waals surface area contributed by atoms with Crippen LogP contribution in [-0.2, 0) is 19.1 Å². The van der Waals surface area contributed by atoms with Gasteiger partial charge in [-0.2, -0.15) is 0 Å². The first-order chi connectivity index (χ1) is 9.10. The van der Waals surface area contributed by atoms with Gasteiger partial charge in [-0.1, -0.05) is 0 Å². The van der Waals surface area contributed by atoms with Crippen molar-refractivity contribution in [1.82, 2.24) is 10.2 Å². The van der Waals surface area contributed by atoms with Crippen LogP contribution in [0.2, 0.25) is 0 Å². The summed E-state index contributed by atoms with van der Waals surface area (Å²) in [7, 11) is 0. The Labute approximate surface area is 115 Å². The van der Waals surface area contributed by atoms with Gasteiger partial charge in [0.05, 0.1) is 6.54 Å². The first-order valence-corrected chi connectivity index (χ1v) is 5.86. The minimum absolute atomic E-state index is 0.459. The Kier molecular flexibility index (Phi) is 4.49. The first kappa shape index (κ1) is 15.7. The summed E-state index contributed by atoms with van der Waals surface area (Å²) in [6, 6.07) is -1.43. The summed E-state index contributed by atoms with van der Waals surface area (Å²) >= 11 is 0. The normalized spacial score (nSPS) is 16.2. The SMILES string of the molecule is CC(C)(C)OC(=O)N[C@@H](CN1C(=O)C=CC1=O)C(=O)O. The Balaban J connectivity index is 2.67. The second kappa shape index (κ2) is 5.72. The van der Waals surface area contributed by atoms with Gasteiger partial charge in [-0.25, -0.2) is 9.59 Å². The standard InChI is InChI=1S/C12H16N2O6/c1-12(2,3)20-11(19)13-7(10(17)18)6-14-8(15)4-5-9(14)16/h4-5,7H,6H2,1-3H3,(H,13,19)(H,17,18)/t7-/m0/s1. The molecular weight excluding hydrogens is 268 g/mol. The number of carbonyl (C=O) groups excluding carboxylic acids is 3. The molecule has 0 bridgehead atoms. The molecule has 0 saturated carbocycles. The zero-order valence-electron chi connectivity index (χ0n) is 11.4. The third kappa shape index (κ3) is 4.38. The number of alkyl carbamates (subject to hydrolysis) is 1. The van der Waals surface area contributed by atoms with Gasteiger partial charge in [-0.05, 0) is 20.8 Å². The molecule has 0 spiro atoms. The number of carboxylic acids is 1. The summed E-state index contributed by atoms with van der Waals surface area (Å²) < 4.78 is 4.92. The monoisotopic (exact) mass is 284 g/mol. The van der Waals surface area contributed by atoms with Gasteiger partial charge in [0, 0.05) is 12.2 Å². The van der Waals surface area contributed by atoms with Crippen LogP contribution in [0.25, 0.3) is 0 Å². The Bertz CT molecular complexity index is 459. The molecule has 2 N–H and O–H groups in total. The van der Waals surface area contributed by atoms with E-state index in [1.807, 2.05) is 0 Å². The van der Waals surface area contributed by atoms with E-state index in [-0.39, 0.29) is 0 Å². The van der Waals surface area contributed by atoms with Gasteiger partial charge in [0.2, 0.25) is 0 Å². The van der Waals surface area contributed by atoms with Crippen LogP contribution in [0.5, 0.6) is 0 Å². The maximum absolute atomic E-state index is 11.5. The highest BCUT2D eigenvalue weighted by Gasteiger charge is 2.31. The molecule has 1 aliphatic rings. The molecule has 0 fully saturated rings. The third-order valence-corrected chi connectivity index (χ3v) is 2.25. The van der Waals surface area contributed by atoms with E-state index in [2.05, 4.69) is 5.32 Å². The molecule has 8 heteroatoms. The van der Waals surface area contributed by atoms with Crippen molar-refractivity contribution in [3.05, 3.63) is 12.2 Å². The van der Waals surface area contributed by atoms with Crippen LogP contribution in [0, 0.1) is 0 Å². The fourth-order valence-corrected chi connectivity index (χ4v) is 1.43. The van der Waals surface area contributed by atoms with Crippen molar-refractivity contribution in [1.29, 1.82) is 0 Å². The second-order valence-electron chi connectivity index (χ2n) is 5.16. The van der Waals surface area contributed by atoms with Gasteiger partial charge in [0.1, 0.15) is 11.6 Å². The lowest BCUT2D eigenvalue weighted by Gasteiger charge is -2.23. The lowest BCUT2D eigenvalue weighted by atomic mass is 10.2. The maximum Gasteiger partial charge on any atom is 0.408 e. The Hall–Kier alpha value is -2.38. The van der Waals surface area contributed by atoms with Crippen LogP contribution in [0.15, 0.2) is 12.2 Å². The predicted octanol–water partition coefficient (Wildman–Crippen LogP) is -0.111. The average molecular weight is 284 g/mol. The zero-order valence-corrected chi connectivity index (χ0v) is 11.4. The van der Waals surface area contributed by atoms with Crippen LogP contribution >= 0.6 is 0 Å². The number of rotatable bonds is 4. The molecule has 0 aromatic rings. The number of imide groups is 1. The van der Waals surface area contributed by atoms with E-state index in [1.54, 1.807) is 20.8 Å². The van der Waals surface area contributed by atoms with Crippen molar-refractivity contribution in [2.75, 3.05) is 6.54 Å². The van der Waals surface area contributed by atoms with Crippen molar-refractivity contribution < 1.29 is 29.0 Å². The number of carboxylic acid groups (broad SMARTS) is 1. The van der Waals surface area contributed by atoms with Crippen molar-refractivity contribution >= 4 is 23.9 Å². The summed E-state index contributed by atoms with van der Waals surface area (Å²) in [5.41, 5.74) is -0.784. The van der Waals surface area contributed by atoms with Gasteiger partial charge in [0.15, 0.2) is 0 Å². The van der Waals surface area contributed by atoms with E-state index in [4.69, 9.17) is 9.84 Å². The van der Waals surface area contributed by atoms with Crippen LogP contribution in [0.3, 0.4) is 0 Å². The summed E-state index contributed by atoms with van der Waals surface area (Å²) in [5, 5.41) is 11.1. The molecule has 1 heterocycles. The quantitative estimate of drug-likeness (QED) is 0.696. The second-order valence-corrected chi connectivity index (χ2v) is 5.16. The number of hydrogen-bond acceptors (Lipinski definition) is 5. The van der Waals surface area contributed by atoms with Crippen LogP contribution in [0.1, 0.15) is 20.8 Å². The van der Waals surface area contributed by atoms with Gasteiger partial charge < -0.3 is 15.2 Å². The highest BCUT2D eigenvalue weighted by Crippen LogP contribution is 2.08. The van der Waals surface area contributed by atoms with E-state index < -0.39 is 42.1 Å². The molecule has 1 rings (SSSR count). The smallest absolute Gasteiger partial charge is 0.408 e. The Morgan fingerprint density at radius 2 is 1.80 bits per heavy atom. The molecule has 0 aromatic heterocycles. The molecule has 110 valence electrons. The Morgan fingerprint density at radius 1 is 1.30 bits per heavy atom. The van der Waals surface area contributed by atoms with Gasteiger partial charge in [-0.15, -0.1) is 0 Å². The average Bonchev–Trinajstić information content (AvgIpc) is 2.56. The molecule has 0 unspecified atom stereocenters. The molecule has 0 aromatic carbocycles. The molecular formula is C12H16N2O6. The zero-order chi connectivity index (χ0) is 15.5. The number of hydrogen-bond donors (Lipinski definition) is 2. The lowest BCUT2D eigenvalue weighted by molar-refractivity contribution is -0.142. The predicted molar refractivity (Wildman–Crippen MR) is 66.7 cm³/mol. The largest absolute Gasteiger partial charge is 0.480 e. The summed E-state index contributed by atoms with van der Waals surface area (Å²) in [5.74, 6) is -2.61. The molecule has 3 amide bonds. The maximum atomic E-state index is 11.5. The van der Waals surface area contributed by atoms with Crippen molar-refractivity contribution in [3.63, 3.8) is 0 Å². The molecule has 8 nitrogen and oxygen atoms in total. The van der Waals surface area contributed by atoms with E-state index >= 15 is 0 Å². The van der Waals surface area contributed by atoms with Crippen LogP contribution in [-0.4, -0.2) is 52.1 Å². The third-order valence-electron chi connectivity index (χ3n) is 2.25. The Morgan fingerprint density at radius 3 is 2.20 bits per heavy atom. The number of nitrogens with one attached hydrogen (secondary N) is 1. The molecule has 1 aliphatic heterocycles. The first-order valence-electron chi connectivity index (χ1n) is 5.86. The van der Waals surface area contributed by atoms with Gasteiger partial charge >= 0.3 is 12.1 Å². The van der Waals surface area contributed by atoms with E-state index in [9.17, 15) is 19.2 Å². The van der Waals surface area contributed by atoms with E-state index in [0.717, 1.165) is 17.1 Å². The topological polar surface area (TPSA) is 113 Å². The molecule has 0 radical (unpaired) electrons. The van der Waals surface area contributed by atoms with Crippen molar-refractivity contribution in [2.24, 2.45) is 0 Å². The number of amides is 3. The van der Waals surface area contributed by atoms with Crippen LogP contribution < -0.4 is 5.32 Å². The molecule has 20 heavy (non-hydrogen) atoms. The van der Waals surface area contributed by atoms with Crippen molar-refractivity contribution in [3.8, 4) is 0 Å². The molecule has 1 atom stereocenters. The summed E-state index contributed by atoms with van der Waals surface area (Å²) in [6.07, 6.45) is 1.14. The fraction of sp³-hybridized carbons (Fsp3) is 0.500. The van der Waals surface area contributed by atoms with E-state index in [0.29, 0.717) is 0 Å². The summed E-state index contributed by atoms with van der Waals surface area (Å²) in [4.78, 5) is 46.0. The van der Waals surface area contributed by atoms with Crippen LogP contribution in [0.4, 0.5) is 4.79 Å². The van der Waals surface area contributed by atoms with Gasteiger partial charge in [-0.3, -0.25) is 14.5 Å². The minimum atomic E-state index is -1.43. The molecule has 0 saturated heterocycles.